The van der Waals surface area contributed by atoms with Crippen LogP contribution in [0.3, 0.4) is 0 Å². The van der Waals surface area contributed by atoms with Crippen LogP contribution in [0, 0.1) is 5.92 Å². The van der Waals surface area contributed by atoms with Crippen LogP contribution in [0.25, 0.3) is 0 Å². The van der Waals surface area contributed by atoms with E-state index in [4.69, 9.17) is 4.74 Å². The number of hydrogen-bond acceptors (Lipinski definition) is 5. The number of esters is 1. The summed E-state index contributed by atoms with van der Waals surface area (Å²) in [7, 11) is 0. The van der Waals surface area contributed by atoms with E-state index in [1.807, 2.05) is 37.3 Å². The van der Waals surface area contributed by atoms with Gasteiger partial charge in [-0.15, -0.1) is 0 Å². The number of nitrogens with zero attached hydrogens (tertiary/aromatic N) is 1. The number of likely N-dealkylation sites (tertiary alicyclic amines) is 1. The second-order valence-electron chi connectivity index (χ2n) is 8.00. The maximum absolute atomic E-state index is 12.4. The van der Waals surface area contributed by atoms with Gasteiger partial charge in [-0.1, -0.05) is 49.6 Å². The number of carbonyl (C=O) groups excluding carboxylic acids is 4. The lowest BCUT2D eigenvalue weighted by Crippen LogP contribution is -2.46. The maximum atomic E-state index is 12.4. The van der Waals surface area contributed by atoms with Crippen LogP contribution in [0.2, 0.25) is 0 Å². The maximum Gasteiger partial charge on any atom is 0.321 e. The lowest BCUT2D eigenvalue weighted by atomic mass is 9.96. The van der Waals surface area contributed by atoms with Crippen LogP contribution in [0.15, 0.2) is 30.3 Å². The number of imide groups is 1. The molecule has 0 aromatic heterocycles. The van der Waals surface area contributed by atoms with Crippen LogP contribution in [-0.4, -0.2) is 47.9 Å². The van der Waals surface area contributed by atoms with Crippen molar-refractivity contribution in [2.45, 2.75) is 57.5 Å². The first-order valence-electron chi connectivity index (χ1n) is 10.6. The monoisotopic (exact) mass is 415 g/mol. The summed E-state index contributed by atoms with van der Waals surface area (Å²) in [6.07, 6.45) is 5.17. The van der Waals surface area contributed by atoms with Gasteiger partial charge in [-0.05, 0) is 25.3 Å². The Kier molecular flexibility index (Phi) is 7.43. The Morgan fingerprint density at radius 2 is 1.83 bits per heavy atom. The van der Waals surface area contributed by atoms with Crippen molar-refractivity contribution in [3.8, 4) is 0 Å². The van der Waals surface area contributed by atoms with E-state index in [-0.39, 0.29) is 31.0 Å². The fourth-order valence-corrected chi connectivity index (χ4v) is 4.06. The van der Waals surface area contributed by atoms with Crippen LogP contribution >= 0.6 is 0 Å². The van der Waals surface area contributed by atoms with Crippen LogP contribution in [0.4, 0.5) is 4.79 Å². The Morgan fingerprint density at radius 3 is 2.53 bits per heavy atom. The summed E-state index contributed by atoms with van der Waals surface area (Å²) in [5, 5.41) is 4.96. The zero-order chi connectivity index (χ0) is 21.5. The number of hydrogen-bond donors (Lipinski definition) is 2. The minimum Gasteiger partial charge on any atom is -0.455 e. The topological polar surface area (TPSA) is 105 Å². The Bertz CT molecular complexity index is 776. The Morgan fingerprint density at radius 1 is 1.13 bits per heavy atom. The molecule has 1 aliphatic carbocycles. The lowest BCUT2D eigenvalue weighted by molar-refractivity contribution is -0.152. The molecule has 1 aliphatic heterocycles. The molecule has 3 rings (SSSR count). The molecule has 0 radical (unpaired) electrons. The average molecular weight is 415 g/mol. The summed E-state index contributed by atoms with van der Waals surface area (Å²) < 4.78 is 5.05. The van der Waals surface area contributed by atoms with Crippen molar-refractivity contribution in [2.75, 3.05) is 13.2 Å². The van der Waals surface area contributed by atoms with E-state index in [0.29, 0.717) is 0 Å². The Labute approximate surface area is 176 Å². The second kappa shape index (κ2) is 10.2. The second-order valence-corrected chi connectivity index (χ2v) is 8.00. The predicted molar refractivity (Wildman–Crippen MR) is 109 cm³/mol. The molecule has 0 spiro atoms. The molecule has 2 atom stereocenters. The van der Waals surface area contributed by atoms with Crippen molar-refractivity contribution in [3.63, 3.8) is 0 Å². The minimum atomic E-state index is -0.685. The SMILES string of the molecule is C[C@@H](c1ccccc1)N1C[C@@H](C(=O)OCC(=O)NC(=O)NC2CCCCC2)CC1=O. The number of rotatable bonds is 6. The van der Waals surface area contributed by atoms with Crippen LogP contribution in [0.1, 0.15) is 57.1 Å². The summed E-state index contributed by atoms with van der Waals surface area (Å²) in [5.74, 6) is -2.03. The summed E-state index contributed by atoms with van der Waals surface area (Å²) in [6, 6.07) is 8.95. The number of urea groups is 1. The molecule has 1 saturated carbocycles. The van der Waals surface area contributed by atoms with Crippen LogP contribution in [0.5, 0.6) is 0 Å². The molecular formula is C22H29N3O5. The van der Waals surface area contributed by atoms with Crippen molar-refractivity contribution in [1.82, 2.24) is 15.5 Å². The van der Waals surface area contributed by atoms with Crippen LogP contribution in [-0.2, 0) is 19.1 Å². The fourth-order valence-electron chi connectivity index (χ4n) is 4.06. The van der Waals surface area contributed by atoms with Gasteiger partial charge in [-0.25, -0.2) is 4.79 Å². The van der Waals surface area contributed by atoms with Gasteiger partial charge >= 0.3 is 12.0 Å². The summed E-state index contributed by atoms with van der Waals surface area (Å²) in [6.45, 7) is 1.62. The molecule has 8 nitrogen and oxygen atoms in total. The quantitative estimate of drug-likeness (QED) is 0.694. The highest BCUT2D eigenvalue weighted by molar-refractivity contribution is 5.96. The highest BCUT2D eigenvalue weighted by Gasteiger charge is 2.38. The van der Waals surface area contributed by atoms with Gasteiger partial charge in [0.1, 0.15) is 0 Å². The third-order valence-corrected chi connectivity index (χ3v) is 5.78. The molecule has 0 bridgehead atoms. The predicted octanol–water partition coefficient (Wildman–Crippen LogP) is 2.30. The fraction of sp³-hybridized carbons (Fsp3) is 0.545. The third-order valence-electron chi connectivity index (χ3n) is 5.78. The smallest absolute Gasteiger partial charge is 0.321 e. The van der Waals surface area contributed by atoms with E-state index in [1.165, 1.54) is 6.42 Å². The van der Waals surface area contributed by atoms with E-state index in [2.05, 4.69) is 10.6 Å². The zero-order valence-corrected chi connectivity index (χ0v) is 17.3. The molecule has 0 unspecified atom stereocenters. The largest absolute Gasteiger partial charge is 0.455 e. The number of ether oxygens (including phenoxy) is 1. The van der Waals surface area contributed by atoms with Gasteiger partial charge in [0, 0.05) is 19.0 Å². The van der Waals surface area contributed by atoms with Crippen molar-refractivity contribution >= 4 is 23.8 Å². The van der Waals surface area contributed by atoms with Crippen molar-refractivity contribution in [3.05, 3.63) is 35.9 Å². The molecule has 1 aromatic rings. The van der Waals surface area contributed by atoms with Crippen LogP contribution < -0.4 is 10.6 Å². The normalized spacial score (nSPS) is 20.5. The summed E-state index contributed by atoms with van der Waals surface area (Å²) in [5.41, 5.74) is 0.989. The lowest BCUT2D eigenvalue weighted by Gasteiger charge is -2.25. The highest BCUT2D eigenvalue weighted by Crippen LogP contribution is 2.28. The molecule has 2 N–H and O–H groups in total. The van der Waals surface area contributed by atoms with Gasteiger partial charge in [-0.3, -0.25) is 19.7 Å². The molecule has 2 fully saturated rings. The first-order chi connectivity index (χ1) is 14.4. The van der Waals surface area contributed by atoms with E-state index in [1.54, 1.807) is 4.90 Å². The van der Waals surface area contributed by atoms with Crippen molar-refractivity contribution < 1.29 is 23.9 Å². The molecular weight excluding hydrogens is 386 g/mol. The molecule has 162 valence electrons. The zero-order valence-electron chi connectivity index (χ0n) is 17.3. The van der Waals surface area contributed by atoms with Gasteiger partial charge in [0.15, 0.2) is 6.61 Å². The molecule has 1 heterocycles. The molecule has 8 heteroatoms. The summed E-state index contributed by atoms with van der Waals surface area (Å²) >= 11 is 0. The standard InChI is InChI=1S/C22H29N3O5/c1-15(16-8-4-2-5-9-16)25-13-17(12-20(25)27)21(28)30-14-19(26)24-22(29)23-18-10-6-3-7-11-18/h2,4-5,8-9,15,17-18H,3,6-7,10-14H2,1H3,(H2,23,24,26,29)/t15-,17-/m0/s1. The molecule has 2 aliphatic rings. The Hall–Kier alpha value is -2.90. The minimum absolute atomic E-state index is 0.0553. The average Bonchev–Trinajstić information content (AvgIpc) is 3.14. The number of nitrogens with one attached hydrogen (secondary N) is 2. The van der Waals surface area contributed by atoms with Gasteiger partial charge in [0.25, 0.3) is 5.91 Å². The Balaban J connectivity index is 1.41. The van der Waals surface area contributed by atoms with E-state index in [0.717, 1.165) is 31.2 Å². The van der Waals surface area contributed by atoms with E-state index >= 15 is 0 Å². The van der Waals surface area contributed by atoms with Gasteiger partial charge < -0.3 is 15.0 Å². The van der Waals surface area contributed by atoms with Gasteiger partial charge in [-0.2, -0.15) is 0 Å². The summed E-state index contributed by atoms with van der Waals surface area (Å²) in [4.78, 5) is 50.1. The van der Waals surface area contributed by atoms with E-state index < -0.39 is 30.4 Å². The van der Waals surface area contributed by atoms with Crippen molar-refractivity contribution in [1.29, 1.82) is 0 Å². The molecule has 1 saturated heterocycles. The van der Waals surface area contributed by atoms with Gasteiger partial charge in [0.2, 0.25) is 5.91 Å². The number of amides is 4. The molecule has 4 amide bonds. The molecule has 1 aromatic carbocycles. The number of carbonyl (C=O) groups is 4. The van der Waals surface area contributed by atoms with Crippen molar-refractivity contribution in [2.24, 2.45) is 5.92 Å². The van der Waals surface area contributed by atoms with E-state index in [9.17, 15) is 19.2 Å². The first-order valence-corrected chi connectivity index (χ1v) is 10.6. The molecule has 30 heavy (non-hydrogen) atoms. The highest BCUT2D eigenvalue weighted by atomic mass is 16.5. The third kappa shape index (κ3) is 5.81. The van der Waals surface area contributed by atoms with Gasteiger partial charge in [0.05, 0.1) is 12.0 Å². The first kappa shape index (κ1) is 21.8. The number of benzene rings is 1.